The minimum absolute atomic E-state index is 0. The summed E-state index contributed by atoms with van der Waals surface area (Å²) < 4.78 is 6.61. The van der Waals surface area contributed by atoms with E-state index in [1.165, 1.54) is 0 Å². The molecule has 0 bridgehead atoms. The van der Waals surface area contributed by atoms with Crippen molar-refractivity contribution in [3.05, 3.63) is 24.3 Å². The summed E-state index contributed by atoms with van der Waals surface area (Å²) in [7, 11) is 2.14. The zero-order valence-corrected chi connectivity index (χ0v) is 14.0. The number of aromatic nitrogens is 1. The van der Waals surface area contributed by atoms with Gasteiger partial charge in [0.25, 0.3) is 6.01 Å². The number of benzene rings is 1. The zero-order chi connectivity index (χ0) is 14.2. The predicted molar refractivity (Wildman–Crippen MR) is 77.7 cm³/mol. The lowest BCUT2D eigenvalue weighted by molar-refractivity contribution is -0.902. The lowest BCUT2D eigenvalue weighted by Gasteiger charge is -2.40. The molecule has 0 N–H and O–H groups in total. The van der Waals surface area contributed by atoms with Gasteiger partial charge in [-0.25, -0.2) is 0 Å². The summed E-state index contributed by atoms with van der Waals surface area (Å²) >= 11 is 0. The summed E-state index contributed by atoms with van der Waals surface area (Å²) in [5, 5.41) is 0. The third-order valence-corrected chi connectivity index (χ3v) is 3.98. The summed E-state index contributed by atoms with van der Waals surface area (Å²) in [6.45, 7) is 5.90. The SMILES string of the molecule is CC(=O)C[N+]1(C)CCN(c2nc3ccccc3o2)CC1.[Br-]. The number of fused-ring (bicyclic) bond motifs is 1. The van der Waals surface area contributed by atoms with Crippen LogP contribution in [0.15, 0.2) is 28.7 Å². The minimum Gasteiger partial charge on any atom is -1.00 e. The van der Waals surface area contributed by atoms with E-state index in [1.54, 1.807) is 6.92 Å². The third kappa shape index (κ3) is 3.44. The van der Waals surface area contributed by atoms with Gasteiger partial charge in [0, 0.05) is 6.92 Å². The lowest BCUT2D eigenvalue weighted by Crippen LogP contribution is -3.00. The van der Waals surface area contributed by atoms with Crippen LogP contribution >= 0.6 is 0 Å². The molecule has 1 aromatic carbocycles. The van der Waals surface area contributed by atoms with E-state index in [9.17, 15) is 4.79 Å². The van der Waals surface area contributed by atoms with Crippen molar-refractivity contribution in [2.24, 2.45) is 0 Å². The Kier molecular flexibility index (Phi) is 4.68. The topological polar surface area (TPSA) is 46.3 Å². The van der Waals surface area contributed by atoms with Gasteiger partial charge < -0.3 is 30.8 Å². The maximum Gasteiger partial charge on any atom is 0.298 e. The van der Waals surface area contributed by atoms with Crippen LogP contribution in [-0.2, 0) is 4.79 Å². The van der Waals surface area contributed by atoms with Crippen LogP contribution in [0.2, 0.25) is 0 Å². The maximum atomic E-state index is 11.3. The molecule has 6 heteroatoms. The van der Waals surface area contributed by atoms with Crippen molar-refractivity contribution in [3.8, 4) is 0 Å². The van der Waals surface area contributed by atoms with Gasteiger partial charge in [-0.1, -0.05) is 12.1 Å². The Labute approximate surface area is 134 Å². The van der Waals surface area contributed by atoms with E-state index in [4.69, 9.17) is 4.42 Å². The summed E-state index contributed by atoms with van der Waals surface area (Å²) in [6, 6.07) is 8.51. The summed E-state index contributed by atoms with van der Waals surface area (Å²) in [6.07, 6.45) is 0. The van der Waals surface area contributed by atoms with Gasteiger partial charge in [0.2, 0.25) is 0 Å². The molecule has 5 nitrogen and oxygen atoms in total. The minimum atomic E-state index is 0. The fourth-order valence-corrected chi connectivity index (χ4v) is 2.83. The number of nitrogens with zero attached hydrogens (tertiary/aromatic N) is 3. The van der Waals surface area contributed by atoms with Crippen LogP contribution in [0.5, 0.6) is 0 Å². The fourth-order valence-electron chi connectivity index (χ4n) is 2.83. The number of Topliss-reactive ketones (excluding diaryl/α,β-unsaturated/α-hetero) is 1. The molecule has 1 aliphatic rings. The van der Waals surface area contributed by atoms with Gasteiger partial charge in [-0.05, 0) is 12.1 Å². The normalized spacial score (nSPS) is 17.5. The molecule has 1 saturated heterocycles. The predicted octanol–water partition coefficient (Wildman–Crippen LogP) is -1.31. The second-order valence-corrected chi connectivity index (χ2v) is 5.88. The first kappa shape index (κ1) is 16.0. The van der Waals surface area contributed by atoms with Crippen molar-refractivity contribution < 1.29 is 30.7 Å². The largest absolute Gasteiger partial charge is 1.00 e. The molecule has 114 valence electrons. The first-order chi connectivity index (χ1) is 9.56. The smallest absolute Gasteiger partial charge is 0.298 e. The molecule has 2 heterocycles. The molecule has 2 aromatic rings. The summed E-state index contributed by atoms with van der Waals surface area (Å²) in [4.78, 5) is 18.0. The van der Waals surface area contributed by atoms with E-state index in [0.29, 0.717) is 12.6 Å². The molecule has 0 atom stereocenters. The molecule has 0 radical (unpaired) electrons. The molecular formula is C15H20BrN3O2. The molecule has 21 heavy (non-hydrogen) atoms. The molecule has 0 saturated carbocycles. The van der Waals surface area contributed by atoms with Crippen LogP contribution < -0.4 is 21.9 Å². The fraction of sp³-hybridized carbons (Fsp3) is 0.467. The van der Waals surface area contributed by atoms with Crippen LogP contribution in [0.25, 0.3) is 11.1 Å². The first-order valence-electron chi connectivity index (χ1n) is 6.99. The molecule has 3 rings (SSSR count). The van der Waals surface area contributed by atoms with E-state index in [1.807, 2.05) is 24.3 Å². The quantitative estimate of drug-likeness (QED) is 0.642. The lowest BCUT2D eigenvalue weighted by atomic mass is 10.2. The maximum absolute atomic E-state index is 11.3. The van der Waals surface area contributed by atoms with Crippen molar-refractivity contribution in [1.82, 2.24) is 4.98 Å². The Morgan fingerprint density at radius 3 is 2.62 bits per heavy atom. The van der Waals surface area contributed by atoms with Crippen LogP contribution in [0, 0.1) is 0 Å². The van der Waals surface area contributed by atoms with Crippen LogP contribution in [0.4, 0.5) is 6.01 Å². The van der Waals surface area contributed by atoms with Crippen molar-refractivity contribution in [2.75, 3.05) is 44.7 Å². The van der Waals surface area contributed by atoms with Gasteiger partial charge in [-0.3, -0.25) is 4.79 Å². The number of rotatable bonds is 3. The Balaban J connectivity index is 0.00000161. The van der Waals surface area contributed by atoms with Crippen LogP contribution in [0.3, 0.4) is 0 Å². The number of ketones is 1. The Hall–Kier alpha value is -1.40. The molecule has 0 unspecified atom stereocenters. The van der Waals surface area contributed by atoms with Crippen molar-refractivity contribution in [1.29, 1.82) is 0 Å². The highest BCUT2D eigenvalue weighted by molar-refractivity contribution is 5.76. The standard InChI is InChI=1S/C15H20N3O2.BrH/c1-12(19)11-18(2)9-7-17(8-10-18)15-16-13-5-3-4-6-14(13)20-15;/h3-6H,7-11H2,1-2H3;1H/q+1;/p-1. The number of para-hydroxylation sites is 2. The zero-order valence-electron chi connectivity index (χ0n) is 12.4. The molecule has 0 aliphatic carbocycles. The molecule has 0 spiro atoms. The highest BCUT2D eigenvalue weighted by atomic mass is 79.9. The Bertz CT molecular complexity index is 600. The van der Waals surface area contributed by atoms with E-state index >= 15 is 0 Å². The van der Waals surface area contributed by atoms with E-state index in [0.717, 1.165) is 41.8 Å². The first-order valence-corrected chi connectivity index (χ1v) is 6.99. The van der Waals surface area contributed by atoms with E-state index in [-0.39, 0.29) is 22.8 Å². The highest BCUT2D eigenvalue weighted by Crippen LogP contribution is 2.23. The van der Waals surface area contributed by atoms with Gasteiger partial charge in [0.1, 0.15) is 12.1 Å². The number of hydrogen-bond acceptors (Lipinski definition) is 4. The van der Waals surface area contributed by atoms with E-state index in [2.05, 4.69) is 16.9 Å². The Morgan fingerprint density at radius 2 is 2.00 bits per heavy atom. The third-order valence-electron chi connectivity index (χ3n) is 3.98. The van der Waals surface area contributed by atoms with Crippen molar-refractivity contribution in [3.63, 3.8) is 0 Å². The number of carbonyl (C=O) groups is 1. The van der Waals surface area contributed by atoms with Crippen LogP contribution in [0.1, 0.15) is 6.92 Å². The number of quaternary nitrogens is 1. The van der Waals surface area contributed by atoms with Crippen molar-refractivity contribution >= 4 is 22.9 Å². The number of anilines is 1. The van der Waals surface area contributed by atoms with Crippen LogP contribution in [-0.4, -0.2) is 55.0 Å². The number of likely N-dealkylation sites (N-methyl/N-ethyl adjacent to an activating group) is 1. The number of piperazine rings is 1. The average Bonchev–Trinajstić information content (AvgIpc) is 2.81. The molecular weight excluding hydrogens is 334 g/mol. The van der Waals surface area contributed by atoms with E-state index < -0.39 is 0 Å². The number of carbonyl (C=O) groups excluding carboxylic acids is 1. The van der Waals surface area contributed by atoms with Gasteiger partial charge in [0.15, 0.2) is 11.4 Å². The molecule has 1 aromatic heterocycles. The number of hydrogen-bond donors (Lipinski definition) is 0. The summed E-state index contributed by atoms with van der Waals surface area (Å²) in [5.41, 5.74) is 1.73. The molecule has 0 amide bonds. The van der Waals surface area contributed by atoms with Gasteiger partial charge >= 0.3 is 0 Å². The number of oxazole rings is 1. The summed E-state index contributed by atoms with van der Waals surface area (Å²) in [5.74, 6) is 0.253. The molecule has 1 aliphatic heterocycles. The highest BCUT2D eigenvalue weighted by Gasteiger charge is 2.31. The average molecular weight is 354 g/mol. The van der Waals surface area contributed by atoms with Gasteiger partial charge in [0.05, 0.1) is 33.2 Å². The van der Waals surface area contributed by atoms with Gasteiger partial charge in [-0.15, -0.1) is 0 Å². The monoisotopic (exact) mass is 353 g/mol. The second-order valence-electron chi connectivity index (χ2n) is 5.88. The van der Waals surface area contributed by atoms with Gasteiger partial charge in [-0.2, -0.15) is 4.98 Å². The molecule has 1 fully saturated rings. The van der Waals surface area contributed by atoms with Crippen molar-refractivity contribution in [2.45, 2.75) is 6.92 Å². The number of halogens is 1. The Morgan fingerprint density at radius 1 is 1.33 bits per heavy atom. The second kappa shape index (κ2) is 6.15.